The number of carbonyl (C=O) groups excluding carboxylic acids is 1. The zero-order valence-electron chi connectivity index (χ0n) is 9.30. The van der Waals surface area contributed by atoms with Gasteiger partial charge in [0.25, 0.3) is 0 Å². The summed E-state index contributed by atoms with van der Waals surface area (Å²) in [5, 5.41) is 0. The number of rotatable bonds is 1. The molecule has 0 amide bonds. The number of aromatic nitrogens is 1. The number of hydrogen-bond acceptors (Lipinski definition) is 4. The summed E-state index contributed by atoms with van der Waals surface area (Å²) >= 11 is 0. The van der Waals surface area contributed by atoms with Crippen LogP contribution in [0.3, 0.4) is 0 Å². The van der Waals surface area contributed by atoms with E-state index in [0.717, 1.165) is 5.56 Å². The van der Waals surface area contributed by atoms with E-state index in [9.17, 15) is 4.79 Å². The lowest BCUT2D eigenvalue weighted by Crippen LogP contribution is -2.14. The third-order valence-electron chi connectivity index (χ3n) is 2.68. The number of carbonyl (C=O) groups is 1. The SMILES string of the molecule is Cc1cnc2c(c1)C(=O)CC(c1ccco1)=N2. The van der Waals surface area contributed by atoms with Crippen LogP contribution in [0.15, 0.2) is 40.1 Å². The van der Waals surface area contributed by atoms with Crippen LogP contribution in [-0.4, -0.2) is 16.5 Å². The van der Waals surface area contributed by atoms with Crippen molar-refractivity contribution in [3.8, 4) is 0 Å². The third kappa shape index (κ3) is 1.67. The van der Waals surface area contributed by atoms with Crippen LogP contribution >= 0.6 is 0 Å². The van der Waals surface area contributed by atoms with Crippen LogP contribution in [0.4, 0.5) is 5.82 Å². The summed E-state index contributed by atoms with van der Waals surface area (Å²) in [6.07, 6.45) is 3.55. The largest absolute Gasteiger partial charge is 0.463 e. The van der Waals surface area contributed by atoms with Crippen molar-refractivity contribution in [2.75, 3.05) is 0 Å². The number of ketones is 1. The lowest BCUT2D eigenvalue weighted by molar-refractivity contribution is 0.0999. The van der Waals surface area contributed by atoms with Crippen molar-refractivity contribution in [3.05, 3.63) is 47.5 Å². The zero-order chi connectivity index (χ0) is 11.8. The molecule has 0 fully saturated rings. The number of hydrogen-bond donors (Lipinski definition) is 0. The molecule has 1 aliphatic heterocycles. The number of aryl methyl sites for hydroxylation is 1. The molecule has 0 spiro atoms. The Morgan fingerprint density at radius 2 is 2.29 bits per heavy atom. The van der Waals surface area contributed by atoms with E-state index in [1.165, 1.54) is 0 Å². The first-order valence-corrected chi connectivity index (χ1v) is 5.35. The van der Waals surface area contributed by atoms with Crippen molar-refractivity contribution in [3.63, 3.8) is 0 Å². The number of fused-ring (bicyclic) bond motifs is 1. The standard InChI is InChI=1S/C13H10N2O2/c1-8-5-9-11(16)6-10(12-3-2-4-17-12)15-13(9)14-7-8/h2-5,7H,6H2,1H3. The summed E-state index contributed by atoms with van der Waals surface area (Å²) in [6, 6.07) is 5.40. The monoisotopic (exact) mass is 226 g/mol. The average molecular weight is 226 g/mol. The molecule has 0 N–H and O–H groups in total. The van der Waals surface area contributed by atoms with Gasteiger partial charge in [0.2, 0.25) is 0 Å². The lowest BCUT2D eigenvalue weighted by Gasteiger charge is -2.12. The van der Waals surface area contributed by atoms with Gasteiger partial charge in [-0.2, -0.15) is 0 Å². The molecule has 0 saturated carbocycles. The summed E-state index contributed by atoms with van der Waals surface area (Å²) in [6.45, 7) is 1.91. The second kappa shape index (κ2) is 3.66. The molecule has 84 valence electrons. The molecule has 0 radical (unpaired) electrons. The Hall–Kier alpha value is -2.23. The molecule has 4 heteroatoms. The number of pyridine rings is 1. The van der Waals surface area contributed by atoms with Crippen LogP contribution in [0.1, 0.15) is 28.1 Å². The molecular weight excluding hydrogens is 216 g/mol. The summed E-state index contributed by atoms with van der Waals surface area (Å²) in [5.41, 5.74) is 2.21. The van der Waals surface area contributed by atoms with Crippen LogP contribution in [0, 0.1) is 6.92 Å². The van der Waals surface area contributed by atoms with E-state index in [-0.39, 0.29) is 12.2 Å². The third-order valence-corrected chi connectivity index (χ3v) is 2.68. The van der Waals surface area contributed by atoms with Gasteiger partial charge < -0.3 is 4.42 Å². The number of nitrogens with zero attached hydrogens (tertiary/aromatic N) is 2. The highest BCUT2D eigenvalue weighted by atomic mass is 16.3. The molecule has 0 atom stereocenters. The Kier molecular flexibility index (Phi) is 2.14. The van der Waals surface area contributed by atoms with Gasteiger partial charge >= 0.3 is 0 Å². The van der Waals surface area contributed by atoms with Crippen molar-refractivity contribution < 1.29 is 9.21 Å². The maximum absolute atomic E-state index is 12.0. The highest BCUT2D eigenvalue weighted by molar-refractivity contribution is 6.19. The van der Waals surface area contributed by atoms with Crippen molar-refractivity contribution in [2.24, 2.45) is 4.99 Å². The van der Waals surface area contributed by atoms with Gasteiger partial charge in [0.05, 0.1) is 24.0 Å². The van der Waals surface area contributed by atoms with Crippen molar-refractivity contribution >= 4 is 17.3 Å². The van der Waals surface area contributed by atoms with Crippen LogP contribution in [0.5, 0.6) is 0 Å². The minimum Gasteiger partial charge on any atom is -0.463 e. The van der Waals surface area contributed by atoms with Gasteiger partial charge in [-0.3, -0.25) is 4.79 Å². The van der Waals surface area contributed by atoms with Crippen LogP contribution in [-0.2, 0) is 0 Å². The van der Waals surface area contributed by atoms with Gasteiger partial charge in [-0.05, 0) is 30.7 Å². The summed E-state index contributed by atoms with van der Waals surface area (Å²) in [5.74, 6) is 1.15. The molecule has 2 aromatic rings. The Morgan fingerprint density at radius 1 is 1.41 bits per heavy atom. The van der Waals surface area contributed by atoms with E-state index in [1.807, 2.05) is 13.0 Å². The minimum atomic E-state index is 0.0394. The van der Waals surface area contributed by atoms with Gasteiger partial charge in [-0.1, -0.05) is 0 Å². The Morgan fingerprint density at radius 3 is 3.06 bits per heavy atom. The van der Waals surface area contributed by atoms with Crippen LogP contribution < -0.4 is 0 Å². The number of Topliss-reactive ketones (excluding diaryl/α,β-unsaturated/α-hetero) is 1. The molecule has 0 aliphatic carbocycles. The van der Waals surface area contributed by atoms with E-state index in [4.69, 9.17) is 4.42 Å². The molecule has 0 aromatic carbocycles. The smallest absolute Gasteiger partial charge is 0.172 e. The summed E-state index contributed by atoms with van der Waals surface area (Å²) in [4.78, 5) is 20.5. The first-order valence-electron chi connectivity index (χ1n) is 5.35. The highest BCUT2D eigenvalue weighted by Gasteiger charge is 2.23. The highest BCUT2D eigenvalue weighted by Crippen LogP contribution is 2.26. The van der Waals surface area contributed by atoms with Crippen molar-refractivity contribution in [2.45, 2.75) is 13.3 Å². The maximum Gasteiger partial charge on any atom is 0.172 e. The molecule has 0 bridgehead atoms. The first kappa shape index (κ1) is 9.96. The Balaban J connectivity index is 2.13. The molecule has 0 unspecified atom stereocenters. The topological polar surface area (TPSA) is 55.5 Å². The fraction of sp³-hybridized carbons (Fsp3) is 0.154. The number of furan rings is 1. The number of aliphatic imine (C=N–C) groups is 1. The second-order valence-corrected chi connectivity index (χ2v) is 4.02. The van der Waals surface area contributed by atoms with Crippen LogP contribution in [0.25, 0.3) is 0 Å². The van der Waals surface area contributed by atoms with E-state index in [0.29, 0.717) is 22.9 Å². The van der Waals surface area contributed by atoms with E-state index >= 15 is 0 Å². The van der Waals surface area contributed by atoms with E-state index < -0.39 is 0 Å². The predicted octanol–water partition coefficient (Wildman–Crippen LogP) is 2.69. The Bertz CT molecular complexity index is 612. The molecule has 3 rings (SSSR count). The van der Waals surface area contributed by atoms with Crippen LogP contribution in [0.2, 0.25) is 0 Å². The second-order valence-electron chi connectivity index (χ2n) is 4.02. The van der Waals surface area contributed by atoms with Gasteiger partial charge in [0, 0.05) is 6.20 Å². The molecule has 17 heavy (non-hydrogen) atoms. The molecular formula is C13H10N2O2. The fourth-order valence-corrected chi connectivity index (χ4v) is 1.86. The Labute approximate surface area is 98.0 Å². The lowest BCUT2D eigenvalue weighted by atomic mass is 10.0. The van der Waals surface area contributed by atoms with Gasteiger partial charge in [0.1, 0.15) is 5.76 Å². The average Bonchev–Trinajstić information content (AvgIpc) is 2.83. The molecule has 1 aliphatic rings. The fourth-order valence-electron chi connectivity index (χ4n) is 1.86. The van der Waals surface area contributed by atoms with Crippen molar-refractivity contribution in [1.82, 2.24) is 4.98 Å². The molecule has 0 saturated heterocycles. The van der Waals surface area contributed by atoms with Gasteiger partial charge in [-0.15, -0.1) is 0 Å². The van der Waals surface area contributed by atoms with Gasteiger partial charge in [0.15, 0.2) is 11.6 Å². The maximum atomic E-state index is 12.0. The van der Waals surface area contributed by atoms with E-state index in [2.05, 4.69) is 9.98 Å². The van der Waals surface area contributed by atoms with Crippen molar-refractivity contribution in [1.29, 1.82) is 0 Å². The minimum absolute atomic E-state index is 0.0394. The first-order chi connectivity index (χ1) is 8.24. The summed E-state index contributed by atoms with van der Waals surface area (Å²) in [7, 11) is 0. The summed E-state index contributed by atoms with van der Waals surface area (Å²) < 4.78 is 5.25. The predicted molar refractivity (Wildman–Crippen MR) is 62.8 cm³/mol. The normalized spacial score (nSPS) is 14.4. The van der Waals surface area contributed by atoms with Gasteiger partial charge in [-0.25, -0.2) is 9.98 Å². The zero-order valence-corrected chi connectivity index (χ0v) is 9.30. The van der Waals surface area contributed by atoms with E-state index in [1.54, 1.807) is 24.6 Å². The molecule has 4 nitrogen and oxygen atoms in total. The quantitative estimate of drug-likeness (QED) is 0.751. The molecule has 2 aromatic heterocycles. The molecule has 3 heterocycles.